The van der Waals surface area contributed by atoms with Crippen LogP contribution in [0, 0.1) is 0 Å². The standard InChI is InChI=1S/C20H16Cl2N2O3S/c21-15-5-1-13(2-6-15)11-17-19(26)24(20(27)28-17)10-9-23-18(25)12-14-3-7-16(22)8-4-14/h1-8,11H,9-10,12H2,(H,23,25). The van der Waals surface area contributed by atoms with Gasteiger partial charge in [-0.05, 0) is 53.2 Å². The summed E-state index contributed by atoms with van der Waals surface area (Å²) in [6.45, 7) is 0.313. The van der Waals surface area contributed by atoms with Crippen LogP contribution >= 0.6 is 35.0 Å². The van der Waals surface area contributed by atoms with Gasteiger partial charge in [-0.15, -0.1) is 0 Å². The van der Waals surface area contributed by atoms with E-state index in [0.29, 0.717) is 15.0 Å². The first-order valence-electron chi connectivity index (χ1n) is 8.44. The Hall–Kier alpha value is -2.28. The van der Waals surface area contributed by atoms with E-state index in [1.54, 1.807) is 54.6 Å². The predicted molar refractivity (Wildman–Crippen MR) is 112 cm³/mol. The summed E-state index contributed by atoms with van der Waals surface area (Å²) in [5.74, 6) is -0.553. The molecular weight excluding hydrogens is 419 g/mol. The van der Waals surface area contributed by atoms with Gasteiger partial charge in [-0.3, -0.25) is 19.3 Å². The molecule has 1 fully saturated rings. The highest BCUT2D eigenvalue weighted by molar-refractivity contribution is 8.18. The van der Waals surface area contributed by atoms with E-state index in [-0.39, 0.29) is 36.6 Å². The van der Waals surface area contributed by atoms with Crippen LogP contribution in [0.25, 0.3) is 6.08 Å². The first-order valence-corrected chi connectivity index (χ1v) is 10.0. The first kappa shape index (κ1) is 20.5. The van der Waals surface area contributed by atoms with Gasteiger partial charge in [0, 0.05) is 23.1 Å². The van der Waals surface area contributed by atoms with E-state index < -0.39 is 0 Å². The van der Waals surface area contributed by atoms with Crippen molar-refractivity contribution in [3.05, 3.63) is 74.6 Å². The Morgan fingerprint density at radius 1 is 1.00 bits per heavy atom. The normalized spacial score (nSPS) is 15.4. The molecule has 8 heteroatoms. The predicted octanol–water partition coefficient (Wildman–Crippen LogP) is 4.39. The number of amides is 3. The molecule has 1 saturated heterocycles. The Labute approximate surface area is 176 Å². The third kappa shape index (κ3) is 5.38. The van der Waals surface area contributed by atoms with Crippen molar-refractivity contribution in [2.24, 2.45) is 0 Å². The van der Waals surface area contributed by atoms with Gasteiger partial charge in [-0.2, -0.15) is 0 Å². The fraction of sp³-hybridized carbons (Fsp3) is 0.150. The molecule has 144 valence electrons. The molecule has 3 rings (SSSR count). The summed E-state index contributed by atoms with van der Waals surface area (Å²) >= 11 is 12.6. The molecule has 5 nitrogen and oxygen atoms in total. The molecule has 28 heavy (non-hydrogen) atoms. The molecule has 0 spiro atoms. The highest BCUT2D eigenvalue weighted by Crippen LogP contribution is 2.32. The van der Waals surface area contributed by atoms with Crippen LogP contribution in [0.5, 0.6) is 0 Å². The fourth-order valence-electron chi connectivity index (χ4n) is 2.56. The topological polar surface area (TPSA) is 66.5 Å². The minimum atomic E-state index is -0.364. The van der Waals surface area contributed by atoms with Crippen LogP contribution in [0.2, 0.25) is 10.0 Å². The second-order valence-electron chi connectivity index (χ2n) is 6.04. The summed E-state index contributed by atoms with van der Waals surface area (Å²) in [5, 5.41) is 3.58. The number of imide groups is 1. The molecule has 1 aliphatic rings. The second-order valence-corrected chi connectivity index (χ2v) is 7.90. The smallest absolute Gasteiger partial charge is 0.293 e. The van der Waals surface area contributed by atoms with Crippen LogP contribution < -0.4 is 5.32 Å². The van der Waals surface area contributed by atoms with Crippen molar-refractivity contribution in [1.29, 1.82) is 0 Å². The number of hydrogen-bond donors (Lipinski definition) is 1. The van der Waals surface area contributed by atoms with Gasteiger partial charge in [0.05, 0.1) is 11.3 Å². The van der Waals surface area contributed by atoms with Gasteiger partial charge < -0.3 is 5.32 Å². The molecule has 1 aliphatic heterocycles. The Morgan fingerprint density at radius 2 is 1.61 bits per heavy atom. The number of nitrogens with one attached hydrogen (secondary N) is 1. The minimum absolute atomic E-state index is 0.120. The van der Waals surface area contributed by atoms with E-state index in [4.69, 9.17) is 23.2 Å². The van der Waals surface area contributed by atoms with Gasteiger partial charge in [0.1, 0.15) is 0 Å². The molecular formula is C20H16Cl2N2O3S. The van der Waals surface area contributed by atoms with Crippen LogP contribution in [-0.4, -0.2) is 35.0 Å². The SMILES string of the molecule is O=C(Cc1ccc(Cl)cc1)NCCN1C(=O)SC(=Cc2ccc(Cl)cc2)C1=O. The summed E-state index contributed by atoms with van der Waals surface area (Å²) in [6.07, 6.45) is 1.86. The van der Waals surface area contributed by atoms with Crippen LogP contribution in [0.1, 0.15) is 11.1 Å². The van der Waals surface area contributed by atoms with E-state index in [2.05, 4.69) is 5.32 Å². The molecule has 0 saturated carbocycles. The lowest BCUT2D eigenvalue weighted by molar-refractivity contribution is -0.124. The van der Waals surface area contributed by atoms with Gasteiger partial charge in [0.15, 0.2) is 0 Å². The minimum Gasteiger partial charge on any atom is -0.354 e. The summed E-state index contributed by atoms with van der Waals surface area (Å²) < 4.78 is 0. The van der Waals surface area contributed by atoms with Crippen LogP contribution in [0.4, 0.5) is 4.79 Å². The van der Waals surface area contributed by atoms with E-state index in [1.165, 1.54) is 0 Å². The summed E-state index contributed by atoms with van der Waals surface area (Å²) in [7, 11) is 0. The molecule has 0 aliphatic carbocycles. The Kier molecular flexibility index (Phi) is 6.78. The monoisotopic (exact) mass is 434 g/mol. The quantitative estimate of drug-likeness (QED) is 0.684. The van der Waals surface area contributed by atoms with Gasteiger partial charge in [0.25, 0.3) is 11.1 Å². The van der Waals surface area contributed by atoms with E-state index in [1.807, 2.05) is 0 Å². The number of carbonyl (C=O) groups is 3. The maximum Gasteiger partial charge on any atom is 0.293 e. The number of hydrogen-bond acceptors (Lipinski definition) is 4. The van der Waals surface area contributed by atoms with Crippen molar-refractivity contribution in [1.82, 2.24) is 10.2 Å². The third-order valence-corrected chi connectivity index (χ3v) is 5.39. The zero-order chi connectivity index (χ0) is 20.1. The second kappa shape index (κ2) is 9.28. The number of thioether (sulfide) groups is 1. The molecule has 0 bridgehead atoms. The van der Waals surface area contributed by atoms with Crippen molar-refractivity contribution in [2.75, 3.05) is 13.1 Å². The fourth-order valence-corrected chi connectivity index (χ4v) is 3.68. The number of benzene rings is 2. The van der Waals surface area contributed by atoms with E-state index in [0.717, 1.165) is 27.8 Å². The highest BCUT2D eigenvalue weighted by Gasteiger charge is 2.34. The number of halogens is 2. The van der Waals surface area contributed by atoms with Gasteiger partial charge in [-0.1, -0.05) is 47.5 Å². The first-order chi connectivity index (χ1) is 13.4. The largest absolute Gasteiger partial charge is 0.354 e. The van der Waals surface area contributed by atoms with Crippen molar-refractivity contribution in [3.63, 3.8) is 0 Å². The molecule has 3 amide bonds. The van der Waals surface area contributed by atoms with Gasteiger partial charge >= 0.3 is 0 Å². The number of carbonyl (C=O) groups excluding carboxylic acids is 3. The summed E-state index contributed by atoms with van der Waals surface area (Å²) in [5.41, 5.74) is 1.62. The zero-order valence-corrected chi connectivity index (χ0v) is 17.0. The lowest BCUT2D eigenvalue weighted by Gasteiger charge is -2.13. The number of nitrogens with zero attached hydrogens (tertiary/aromatic N) is 1. The molecule has 1 heterocycles. The van der Waals surface area contributed by atoms with Gasteiger partial charge in [0.2, 0.25) is 5.91 Å². The summed E-state index contributed by atoms with van der Waals surface area (Å²) in [4.78, 5) is 38.1. The average Bonchev–Trinajstić information content (AvgIpc) is 2.93. The molecule has 2 aromatic rings. The van der Waals surface area contributed by atoms with Crippen molar-refractivity contribution in [3.8, 4) is 0 Å². The van der Waals surface area contributed by atoms with E-state index in [9.17, 15) is 14.4 Å². The summed E-state index contributed by atoms with van der Waals surface area (Å²) in [6, 6.07) is 14.0. The zero-order valence-electron chi connectivity index (χ0n) is 14.7. The molecule has 1 N–H and O–H groups in total. The maximum absolute atomic E-state index is 12.5. The van der Waals surface area contributed by atoms with Crippen molar-refractivity contribution in [2.45, 2.75) is 6.42 Å². The van der Waals surface area contributed by atoms with Crippen LogP contribution in [0.15, 0.2) is 53.4 Å². The van der Waals surface area contributed by atoms with Gasteiger partial charge in [-0.25, -0.2) is 0 Å². The van der Waals surface area contributed by atoms with E-state index >= 15 is 0 Å². The molecule has 0 unspecified atom stereocenters. The average molecular weight is 435 g/mol. The highest BCUT2D eigenvalue weighted by atomic mass is 35.5. The Balaban J connectivity index is 1.52. The van der Waals surface area contributed by atoms with Crippen LogP contribution in [0.3, 0.4) is 0 Å². The van der Waals surface area contributed by atoms with Crippen molar-refractivity contribution >= 4 is 58.1 Å². The van der Waals surface area contributed by atoms with Crippen LogP contribution in [-0.2, 0) is 16.0 Å². The molecule has 0 atom stereocenters. The molecule has 0 aromatic heterocycles. The third-order valence-electron chi connectivity index (χ3n) is 3.98. The number of rotatable bonds is 6. The lowest BCUT2D eigenvalue weighted by Crippen LogP contribution is -2.37. The molecule has 0 radical (unpaired) electrons. The Morgan fingerprint density at radius 3 is 2.25 bits per heavy atom. The van der Waals surface area contributed by atoms with Crippen molar-refractivity contribution < 1.29 is 14.4 Å². The maximum atomic E-state index is 12.5. The lowest BCUT2D eigenvalue weighted by atomic mass is 10.1. The molecule has 2 aromatic carbocycles. The Bertz CT molecular complexity index is 927.